The van der Waals surface area contributed by atoms with Crippen LogP contribution in [-0.4, -0.2) is 24.1 Å². The summed E-state index contributed by atoms with van der Waals surface area (Å²) in [4.78, 5) is 3.21. The highest BCUT2D eigenvalue weighted by molar-refractivity contribution is 8.13. The van der Waals surface area contributed by atoms with Crippen molar-refractivity contribution in [2.24, 2.45) is 0 Å². The van der Waals surface area contributed by atoms with Gasteiger partial charge in [0.15, 0.2) is 0 Å². The molecule has 0 aliphatic rings. The molecule has 0 spiro atoms. The second kappa shape index (κ2) is 3.43. The molecule has 0 aliphatic carbocycles. The highest BCUT2D eigenvalue weighted by Crippen LogP contribution is 2.21. The Labute approximate surface area is 81.7 Å². The molecular formula is C5H4ClF3N2O2S. The van der Waals surface area contributed by atoms with E-state index in [0.717, 1.165) is 12.4 Å². The van der Waals surface area contributed by atoms with E-state index >= 15 is 0 Å². The van der Waals surface area contributed by atoms with Crippen LogP contribution in [0, 0.1) is 0 Å². The van der Waals surface area contributed by atoms with Crippen LogP contribution < -0.4 is 0 Å². The van der Waals surface area contributed by atoms with Crippen LogP contribution in [0.25, 0.3) is 0 Å². The summed E-state index contributed by atoms with van der Waals surface area (Å²) >= 11 is 0. The van der Waals surface area contributed by atoms with Gasteiger partial charge in [0.1, 0.15) is 6.54 Å². The molecule has 0 saturated carbocycles. The van der Waals surface area contributed by atoms with Crippen molar-refractivity contribution in [2.45, 2.75) is 17.9 Å². The van der Waals surface area contributed by atoms with Gasteiger partial charge >= 0.3 is 6.18 Å². The number of imidazole rings is 1. The van der Waals surface area contributed by atoms with Crippen molar-refractivity contribution in [3.63, 3.8) is 0 Å². The average molecular weight is 249 g/mol. The van der Waals surface area contributed by atoms with E-state index in [2.05, 4.69) is 4.98 Å². The van der Waals surface area contributed by atoms with Crippen LogP contribution in [0.5, 0.6) is 0 Å². The van der Waals surface area contributed by atoms with Crippen LogP contribution in [0.3, 0.4) is 0 Å². The maximum atomic E-state index is 11.9. The molecule has 1 heterocycles. The zero-order valence-corrected chi connectivity index (χ0v) is 8.07. The summed E-state index contributed by atoms with van der Waals surface area (Å²) in [5, 5.41) is -0.809. The molecule has 9 heteroatoms. The smallest absolute Gasteiger partial charge is 0.312 e. The average Bonchev–Trinajstić information content (AvgIpc) is 2.29. The first-order valence-corrected chi connectivity index (χ1v) is 5.53. The molecular weight excluding hydrogens is 245 g/mol. The van der Waals surface area contributed by atoms with Gasteiger partial charge in [-0.2, -0.15) is 13.2 Å². The van der Waals surface area contributed by atoms with E-state index in [9.17, 15) is 21.6 Å². The Morgan fingerprint density at radius 3 is 2.50 bits per heavy atom. The fraction of sp³-hybridized carbons (Fsp3) is 0.400. The van der Waals surface area contributed by atoms with Gasteiger partial charge in [-0.1, -0.05) is 0 Å². The summed E-state index contributed by atoms with van der Waals surface area (Å²) in [6.07, 6.45) is -2.69. The van der Waals surface area contributed by atoms with E-state index < -0.39 is 26.9 Å². The van der Waals surface area contributed by atoms with Gasteiger partial charge in [0.25, 0.3) is 9.05 Å². The molecule has 1 aromatic heterocycles. The van der Waals surface area contributed by atoms with E-state index in [4.69, 9.17) is 10.7 Å². The fourth-order valence-electron chi connectivity index (χ4n) is 0.832. The van der Waals surface area contributed by atoms with Crippen LogP contribution in [0.2, 0.25) is 0 Å². The van der Waals surface area contributed by atoms with Crippen LogP contribution in [0.4, 0.5) is 13.2 Å². The molecule has 14 heavy (non-hydrogen) atoms. The Morgan fingerprint density at radius 1 is 1.50 bits per heavy atom. The molecule has 0 saturated heterocycles. The number of alkyl halides is 3. The van der Waals surface area contributed by atoms with Gasteiger partial charge in [0, 0.05) is 23.1 Å². The van der Waals surface area contributed by atoms with Crippen molar-refractivity contribution in [1.82, 2.24) is 9.55 Å². The zero-order valence-electron chi connectivity index (χ0n) is 6.49. The monoisotopic (exact) mass is 248 g/mol. The summed E-state index contributed by atoms with van der Waals surface area (Å²) in [7, 11) is 0.617. The predicted octanol–water partition coefficient (Wildman–Crippen LogP) is 1.37. The van der Waals surface area contributed by atoms with E-state index in [-0.39, 0.29) is 0 Å². The first-order valence-electron chi connectivity index (χ1n) is 3.23. The Balaban J connectivity index is 3.07. The van der Waals surface area contributed by atoms with Crippen molar-refractivity contribution >= 4 is 19.7 Å². The van der Waals surface area contributed by atoms with E-state index in [1.807, 2.05) is 0 Å². The molecule has 0 aromatic carbocycles. The molecule has 1 rings (SSSR count). The third kappa shape index (κ3) is 2.88. The molecule has 0 aliphatic heterocycles. The van der Waals surface area contributed by atoms with E-state index in [1.165, 1.54) is 0 Å². The van der Waals surface area contributed by atoms with Gasteiger partial charge in [-0.3, -0.25) is 0 Å². The Morgan fingerprint density at radius 2 is 2.07 bits per heavy atom. The lowest BCUT2D eigenvalue weighted by atomic mass is 10.6. The lowest BCUT2D eigenvalue weighted by Gasteiger charge is -2.08. The number of aromatic nitrogens is 2. The van der Waals surface area contributed by atoms with Gasteiger partial charge in [-0.25, -0.2) is 13.4 Å². The summed E-state index contributed by atoms with van der Waals surface area (Å²) in [6.45, 7) is -1.44. The van der Waals surface area contributed by atoms with Crippen LogP contribution in [-0.2, 0) is 15.6 Å². The van der Waals surface area contributed by atoms with Gasteiger partial charge in [0.05, 0.1) is 0 Å². The second-order valence-electron chi connectivity index (χ2n) is 2.39. The van der Waals surface area contributed by atoms with Crippen LogP contribution in [0.15, 0.2) is 17.6 Å². The zero-order chi connectivity index (χ0) is 11.0. The summed E-state index contributed by atoms with van der Waals surface area (Å²) in [5.74, 6) is 0. The van der Waals surface area contributed by atoms with Crippen LogP contribution >= 0.6 is 10.7 Å². The molecule has 0 fully saturated rings. The topological polar surface area (TPSA) is 52.0 Å². The maximum absolute atomic E-state index is 11.9. The molecule has 0 radical (unpaired) electrons. The van der Waals surface area contributed by atoms with Gasteiger partial charge in [-0.15, -0.1) is 0 Å². The van der Waals surface area contributed by atoms with Gasteiger partial charge < -0.3 is 4.57 Å². The van der Waals surface area contributed by atoms with Crippen molar-refractivity contribution in [3.8, 4) is 0 Å². The minimum absolute atomic E-state index is 0.419. The van der Waals surface area contributed by atoms with Gasteiger partial charge in [0.2, 0.25) is 5.16 Å². The van der Waals surface area contributed by atoms with E-state index in [1.54, 1.807) is 0 Å². The SMILES string of the molecule is O=S(=O)(Cl)c1nccn1CC(F)(F)F. The largest absolute Gasteiger partial charge is 0.406 e. The van der Waals surface area contributed by atoms with E-state index in [0.29, 0.717) is 4.57 Å². The Hall–Kier alpha value is -0.760. The molecule has 4 nitrogen and oxygen atoms in total. The molecule has 0 amide bonds. The van der Waals surface area contributed by atoms with Crippen LogP contribution in [0.1, 0.15) is 0 Å². The fourth-order valence-corrected chi connectivity index (χ4v) is 1.81. The Bertz CT molecular complexity index is 424. The molecule has 0 bridgehead atoms. The summed E-state index contributed by atoms with van der Waals surface area (Å²) in [6, 6.07) is 0. The molecule has 80 valence electrons. The molecule has 1 aromatic rings. The Kier molecular flexibility index (Phi) is 2.77. The second-order valence-corrected chi connectivity index (χ2v) is 4.85. The maximum Gasteiger partial charge on any atom is 0.406 e. The van der Waals surface area contributed by atoms with Crippen molar-refractivity contribution in [3.05, 3.63) is 12.4 Å². The quantitative estimate of drug-likeness (QED) is 0.743. The minimum Gasteiger partial charge on any atom is -0.312 e. The van der Waals surface area contributed by atoms with Crippen molar-refractivity contribution in [2.75, 3.05) is 0 Å². The molecule has 0 N–H and O–H groups in total. The first-order chi connectivity index (χ1) is 6.20. The first kappa shape index (κ1) is 11.3. The molecule has 0 unspecified atom stereocenters. The number of nitrogens with zero attached hydrogens (tertiary/aromatic N) is 2. The highest BCUT2D eigenvalue weighted by atomic mass is 35.7. The number of halogens is 4. The van der Waals surface area contributed by atoms with Gasteiger partial charge in [-0.05, 0) is 0 Å². The van der Waals surface area contributed by atoms with Crippen molar-refractivity contribution < 1.29 is 21.6 Å². The van der Waals surface area contributed by atoms with Crippen molar-refractivity contribution in [1.29, 1.82) is 0 Å². The third-order valence-corrected chi connectivity index (χ3v) is 2.44. The number of rotatable bonds is 2. The normalized spacial score (nSPS) is 13.1. The number of hydrogen-bond acceptors (Lipinski definition) is 3. The standard InChI is InChI=1S/C5H4ClF3N2O2S/c6-14(12,13)4-10-1-2-11(4)3-5(7,8)9/h1-2H,3H2. The summed E-state index contributed by atoms with van der Waals surface area (Å²) < 4.78 is 57.6. The molecule has 0 atom stereocenters. The lowest BCUT2D eigenvalue weighted by Crippen LogP contribution is -2.19. The third-order valence-electron chi connectivity index (χ3n) is 1.24. The minimum atomic E-state index is -4.52. The number of hydrogen-bond donors (Lipinski definition) is 0. The predicted molar refractivity (Wildman–Crippen MR) is 41.3 cm³/mol. The summed E-state index contributed by atoms with van der Waals surface area (Å²) in [5.41, 5.74) is 0. The highest BCUT2D eigenvalue weighted by Gasteiger charge is 2.30. The lowest BCUT2D eigenvalue weighted by molar-refractivity contribution is -0.142.